The molecule has 0 amide bonds. The predicted octanol–water partition coefficient (Wildman–Crippen LogP) is 9.57. The second kappa shape index (κ2) is 11.5. The molecule has 0 bridgehead atoms. The smallest absolute Gasteiger partial charge is 0.0132 e. The first-order valence-corrected chi connectivity index (χ1v) is 11.8. The van der Waals surface area contributed by atoms with E-state index in [0.29, 0.717) is 5.41 Å². The summed E-state index contributed by atoms with van der Waals surface area (Å²) < 4.78 is 0. The van der Waals surface area contributed by atoms with Crippen LogP contribution in [0.3, 0.4) is 0 Å². The molecule has 0 N–H and O–H groups in total. The van der Waals surface area contributed by atoms with Crippen molar-refractivity contribution in [2.45, 2.75) is 92.4 Å². The number of hydrogen-bond donors (Lipinski definition) is 0. The van der Waals surface area contributed by atoms with E-state index in [1.165, 1.54) is 27.8 Å². The maximum absolute atomic E-state index is 2.23. The lowest BCUT2D eigenvalue weighted by atomic mass is 9.87. The van der Waals surface area contributed by atoms with Crippen molar-refractivity contribution in [1.82, 2.24) is 0 Å². The zero-order valence-corrected chi connectivity index (χ0v) is 22.5. The maximum atomic E-state index is 2.23. The zero-order valence-electron chi connectivity index (χ0n) is 22.5. The molecule has 0 aliphatic carbocycles. The molecule has 0 aromatic heterocycles. The lowest BCUT2D eigenvalue weighted by Crippen LogP contribution is -2.10. The normalized spacial score (nSPS) is 11.6. The molecule has 0 aliphatic heterocycles. The Bertz CT molecular complexity index is 836. The Hall–Kier alpha value is -2.34. The van der Waals surface area contributed by atoms with E-state index in [9.17, 15) is 0 Å². The molecule has 174 valence electrons. The Kier molecular flexibility index (Phi) is 9.96. The van der Waals surface area contributed by atoms with Gasteiger partial charge < -0.3 is 0 Å². The van der Waals surface area contributed by atoms with Gasteiger partial charge in [-0.3, -0.25) is 0 Å². The van der Waals surface area contributed by atoms with E-state index in [1.54, 1.807) is 0 Å². The summed E-state index contributed by atoms with van der Waals surface area (Å²) in [6.45, 7) is 24.3. The molecule has 3 aromatic rings. The molecule has 0 saturated carbocycles. The van der Waals surface area contributed by atoms with Crippen molar-refractivity contribution in [1.29, 1.82) is 0 Å². The quantitative estimate of drug-likeness (QED) is 0.333. The summed E-state index contributed by atoms with van der Waals surface area (Å²) in [6.07, 6.45) is 0. The van der Waals surface area contributed by atoms with Crippen molar-refractivity contribution in [3.63, 3.8) is 0 Å². The van der Waals surface area contributed by atoms with E-state index in [2.05, 4.69) is 155 Å². The van der Waals surface area contributed by atoms with Gasteiger partial charge in [-0.15, -0.1) is 0 Å². The minimum atomic E-state index is 0.285. The van der Waals surface area contributed by atoms with Crippen LogP contribution in [-0.4, -0.2) is 0 Å². The van der Waals surface area contributed by atoms with Crippen LogP contribution in [0.2, 0.25) is 0 Å². The highest BCUT2D eigenvalue weighted by atomic mass is 14.2. The molecular weight excluding hydrogens is 384 g/mol. The van der Waals surface area contributed by atoms with E-state index in [-0.39, 0.29) is 10.8 Å². The highest BCUT2D eigenvalue weighted by molar-refractivity contribution is 5.27. The Balaban J connectivity index is 0.000000240. The lowest BCUT2D eigenvalue weighted by Gasteiger charge is -2.18. The van der Waals surface area contributed by atoms with Crippen molar-refractivity contribution >= 4 is 0 Å². The predicted molar refractivity (Wildman–Crippen MR) is 145 cm³/mol. The molecule has 0 radical (unpaired) electrons. The fraction of sp³-hybridized carbons (Fsp3) is 0.438. The molecule has 0 heterocycles. The molecule has 0 unspecified atom stereocenters. The minimum absolute atomic E-state index is 0.285. The Morgan fingerprint density at radius 3 is 0.812 bits per heavy atom. The first-order chi connectivity index (χ1) is 14.6. The number of aryl methyl sites for hydroxylation is 2. The molecule has 0 fully saturated rings. The maximum Gasteiger partial charge on any atom is -0.0132 e. The van der Waals surface area contributed by atoms with Gasteiger partial charge in [0.25, 0.3) is 0 Å². The first kappa shape index (κ1) is 27.7. The van der Waals surface area contributed by atoms with Crippen LogP contribution in [0, 0.1) is 13.8 Å². The number of benzene rings is 3. The zero-order chi connectivity index (χ0) is 24.6. The van der Waals surface area contributed by atoms with Gasteiger partial charge in [0.2, 0.25) is 0 Å². The summed E-state index contributed by atoms with van der Waals surface area (Å²) in [7, 11) is 0. The third-order valence-corrected chi connectivity index (χ3v) is 5.47. The lowest BCUT2D eigenvalue weighted by molar-refractivity contribution is 0.590. The van der Waals surface area contributed by atoms with Crippen molar-refractivity contribution in [2.24, 2.45) is 0 Å². The van der Waals surface area contributed by atoms with Crippen molar-refractivity contribution in [3.05, 3.63) is 107 Å². The largest absolute Gasteiger partial charge is 0.0622 e. The number of hydrogen-bond acceptors (Lipinski definition) is 0. The van der Waals surface area contributed by atoms with Crippen LogP contribution < -0.4 is 0 Å². The van der Waals surface area contributed by atoms with Gasteiger partial charge in [0.1, 0.15) is 0 Å². The fourth-order valence-electron chi connectivity index (χ4n) is 3.05. The van der Waals surface area contributed by atoms with E-state index in [1.807, 2.05) is 0 Å². The molecule has 3 aromatic carbocycles. The summed E-state index contributed by atoms with van der Waals surface area (Å²) in [5, 5.41) is 0. The van der Waals surface area contributed by atoms with Crippen molar-refractivity contribution in [2.75, 3.05) is 0 Å². The van der Waals surface area contributed by atoms with Crippen molar-refractivity contribution < 1.29 is 0 Å². The number of rotatable bonds is 0. The Morgan fingerprint density at radius 1 is 0.344 bits per heavy atom. The Labute approximate surface area is 199 Å². The topological polar surface area (TPSA) is 0 Å². The SMILES string of the molecule is CC(C)(C)c1ccccc1.Cc1ccc(C(C)(C)C)cc1.Cc1ccc(C(C)(C)C)cc1. The summed E-state index contributed by atoms with van der Waals surface area (Å²) in [5.74, 6) is 0. The van der Waals surface area contributed by atoms with Gasteiger partial charge in [-0.1, -0.05) is 152 Å². The first-order valence-electron chi connectivity index (χ1n) is 11.8. The van der Waals surface area contributed by atoms with Crippen LogP contribution >= 0.6 is 0 Å². The molecule has 0 atom stereocenters. The Morgan fingerprint density at radius 2 is 0.594 bits per heavy atom. The highest BCUT2D eigenvalue weighted by Crippen LogP contribution is 2.23. The van der Waals surface area contributed by atoms with Crippen LogP contribution in [0.1, 0.15) is 90.1 Å². The molecule has 0 heteroatoms. The summed E-state index contributed by atoms with van der Waals surface area (Å²) >= 11 is 0. The van der Waals surface area contributed by atoms with Gasteiger partial charge in [0.05, 0.1) is 0 Å². The van der Waals surface area contributed by atoms with Gasteiger partial charge in [0, 0.05) is 0 Å². The van der Waals surface area contributed by atoms with E-state index < -0.39 is 0 Å². The van der Waals surface area contributed by atoms with Gasteiger partial charge in [-0.25, -0.2) is 0 Å². The van der Waals surface area contributed by atoms with E-state index in [4.69, 9.17) is 0 Å². The van der Waals surface area contributed by atoms with Crippen LogP contribution in [-0.2, 0) is 16.2 Å². The molecule has 0 saturated heterocycles. The average molecular weight is 431 g/mol. The third-order valence-electron chi connectivity index (χ3n) is 5.47. The third kappa shape index (κ3) is 10.3. The molecule has 3 rings (SSSR count). The van der Waals surface area contributed by atoms with E-state index in [0.717, 1.165) is 0 Å². The minimum Gasteiger partial charge on any atom is -0.0622 e. The van der Waals surface area contributed by atoms with Crippen LogP contribution in [0.5, 0.6) is 0 Å². The molecule has 0 nitrogen and oxygen atoms in total. The van der Waals surface area contributed by atoms with Gasteiger partial charge in [-0.2, -0.15) is 0 Å². The van der Waals surface area contributed by atoms with Crippen LogP contribution in [0.4, 0.5) is 0 Å². The standard InChI is InChI=1S/2C11H16.C10H14/c2*1-9-5-7-10(8-6-9)11(2,3)4;1-10(2,3)9-7-5-4-6-8-9/h2*5-8H,1-4H3;4-8H,1-3H3. The summed E-state index contributed by atoms with van der Waals surface area (Å²) in [5.41, 5.74) is 7.74. The second-order valence-electron chi connectivity index (χ2n) is 11.8. The summed E-state index contributed by atoms with van der Waals surface area (Å²) in [6, 6.07) is 28.0. The average Bonchev–Trinajstić information content (AvgIpc) is 2.68. The van der Waals surface area contributed by atoms with Crippen LogP contribution in [0.25, 0.3) is 0 Å². The van der Waals surface area contributed by atoms with Gasteiger partial charge in [0.15, 0.2) is 0 Å². The second-order valence-corrected chi connectivity index (χ2v) is 11.8. The fourth-order valence-corrected chi connectivity index (χ4v) is 3.05. The molecular formula is C32H46. The van der Waals surface area contributed by atoms with Gasteiger partial charge >= 0.3 is 0 Å². The summed E-state index contributed by atoms with van der Waals surface area (Å²) in [4.78, 5) is 0. The van der Waals surface area contributed by atoms with Crippen molar-refractivity contribution in [3.8, 4) is 0 Å². The monoisotopic (exact) mass is 430 g/mol. The van der Waals surface area contributed by atoms with Gasteiger partial charge in [-0.05, 0) is 46.8 Å². The van der Waals surface area contributed by atoms with E-state index >= 15 is 0 Å². The molecule has 32 heavy (non-hydrogen) atoms. The molecule has 0 spiro atoms. The molecule has 0 aliphatic rings. The van der Waals surface area contributed by atoms with Crippen LogP contribution in [0.15, 0.2) is 78.9 Å². The highest BCUT2D eigenvalue weighted by Gasteiger charge is 2.13.